The van der Waals surface area contributed by atoms with Crippen LogP contribution in [0, 0.1) is 5.82 Å². The number of halogens is 1. The van der Waals surface area contributed by atoms with Crippen molar-refractivity contribution in [2.24, 2.45) is 0 Å². The standard InChI is InChI=1S/C10H11FN2O3/c11-8-3-1-7(2-4-8)10(15)12-6-5-9(14)13-16/h1-4,16H,5-6H2,(H,12,15)(H,13,14). The molecule has 0 spiro atoms. The Morgan fingerprint density at radius 3 is 2.44 bits per heavy atom. The molecule has 0 atom stereocenters. The summed E-state index contributed by atoms with van der Waals surface area (Å²) in [6.07, 6.45) is -0.0244. The maximum absolute atomic E-state index is 12.5. The first kappa shape index (κ1) is 12.1. The SMILES string of the molecule is O=C(CCNC(=O)c1ccc(F)cc1)NO. The van der Waals surface area contributed by atoms with E-state index >= 15 is 0 Å². The Hall–Kier alpha value is -1.95. The van der Waals surface area contributed by atoms with Crippen molar-refractivity contribution in [1.82, 2.24) is 10.8 Å². The summed E-state index contributed by atoms with van der Waals surface area (Å²) in [5.41, 5.74) is 1.76. The van der Waals surface area contributed by atoms with Crippen LogP contribution in [-0.2, 0) is 4.79 Å². The third-order valence-electron chi connectivity index (χ3n) is 1.87. The molecule has 0 aliphatic heterocycles. The number of hydrogen-bond acceptors (Lipinski definition) is 3. The predicted octanol–water partition coefficient (Wildman–Crippen LogP) is 0.451. The van der Waals surface area contributed by atoms with E-state index in [2.05, 4.69) is 5.32 Å². The summed E-state index contributed by atoms with van der Waals surface area (Å²) in [7, 11) is 0. The fourth-order valence-corrected chi connectivity index (χ4v) is 1.05. The minimum atomic E-state index is -0.584. The second-order valence-electron chi connectivity index (χ2n) is 3.05. The second kappa shape index (κ2) is 5.82. The summed E-state index contributed by atoms with van der Waals surface area (Å²) >= 11 is 0. The number of carbonyl (C=O) groups excluding carboxylic acids is 2. The van der Waals surface area contributed by atoms with Crippen molar-refractivity contribution in [3.63, 3.8) is 0 Å². The highest BCUT2D eigenvalue weighted by Gasteiger charge is 2.05. The zero-order valence-electron chi connectivity index (χ0n) is 8.37. The highest BCUT2D eigenvalue weighted by Crippen LogP contribution is 2.02. The number of rotatable bonds is 4. The molecule has 6 heteroatoms. The first-order valence-corrected chi connectivity index (χ1v) is 4.60. The molecule has 0 aliphatic rings. The topological polar surface area (TPSA) is 78.4 Å². The normalized spacial score (nSPS) is 9.62. The Morgan fingerprint density at radius 1 is 1.25 bits per heavy atom. The van der Waals surface area contributed by atoms with Gasteiger partial charge in [-0.15, -0.1) is 0 Å². The molecule has 0 bridgehead atoms. The lowest BCUT2D eigenvalue weighted by atomic mass is 10.2. The van der Waals surface area contributed by atoms with E-state index in [-0.39, 0.29) is 13.0 Å². The summed E-state index contributed by atoms with van der Waals surface area (Å²) in [6.45, 7) is 0.0998. The summed E-state index contributed by atoms with van der Waals surface area (Å²) in [5, 5.41) is 10.6. The number of benzene rings is 1. The van der Waals surface area contributed by atoms with Crippen molar-refractivity contribution in [2.45, 2.75) is 6.42 Å². The van der Waals surface area contributed by atoms with Crippen LogP contribution in [0.5, 0.6) is 0 Å². The molecule has 3 N–H and O–H groups in total. The van der Waals surface area contributed by atoms with Crippen molar-refractivity contribution in [3.05, 3.63) is 35.6 Å². The van der Waals surface area contributed by atoms with Crippen LogP contribution in [0.2, 0.25) is 0 Å². The third-order valence-corrected chi connectivity index (χ3v) is 1.87. The van der Waals surface area contributed by atoms with Gasteiger partial charge in [0.2, 0.25) is 5.91 Å². The van der Waals surface area contributed by atoms with Crippen molar-refractivity contribution in [1.29, 1.82) is 0 Å². The fourth-order valence-electron chi connectivity index (χ4n) is 1.05. The van der Waals surface area contributed by atoms with Crippen LogP contribution in [0.4, 0.5) is 4.39 Å². The van der Waals surface area contributed by atoms with Crippen LogP contribution >= 0.6 is 0 Å². The first-order chi connectivity index (χ1) is 7.63. The van der Waals surface area contributed by atoms with Crippen molar-refractivity contribution < 1.29 is 19.2 Å². The largest absolute Gasteiger partial charge is 0.352 e. The number of hydrogen-bond donors (Lipinski definition) is 3. The van der Waals surface area contributed by atoms with E-state index in [0.29, 0.717) is 5.56 Å². The number of carbonyl (C=O) groups is 2. The molecule has 2 amide bonds. The third kappa shape index (κ3) is 3.66. The Balaban J connectivity index is 2.41. The van der Waals surface area contributed by atoms with Crippen LogP contribution in [0.15, 0.2) is 24.3 Å². The van der Waals surface area contributed by atoms with E-state index in [9.17, 15) is 14.0 Å². The molecule has 0 unspecified atom stereocenters. The Labute approximate surface area is 91.2 Å². The molecular weight excluding hydrogens is 215 g/mol. The van der Waals surface area contributed by atoms with Gasteiger partial charge >= 0.3 is 0 Å². The lowest BCUT2D eigenvalue weighted by Crippen LogP contribution is -2.29. The monoisotopic (exact) mass is 226 g/mol. The summed E-state index contributed by atoms with van der Waals surface area (Å²) in [6, 6.07) is 5.04. The lowest BCUT2D eigenvalue weighted by Gasteiger charge is -2.03. The average Bonchev–Trinajstić information content (AvgIpc) is 2.29. The van der Waals surface area contributed by atoms with Crippen molar-refractivity contribution in [2.75, 3.05) is 6.54 Å². The number of nitrogens with one attached hydrogen (secondary N) is 2. The van der Waals surface area contributed by atoms with Gasteiger partial charge in [0, 0.05) is 18.5 Å². The quantitative estimate of drug-likeness (QED) is 0.515. The lowest BCUT2D eigenvalue weighted by molar-refractivity contribution is -0.129. The molecule has 0 radical (unpaired) electrons. The van der Waals surface area contributed by atoms with E-state index in [4.69, 9.17) is 5.21 Å². The zero-order chi connectivity index (χ0) is 12.0. The highest BCUT2D eigenvalue weighted by atomic mass is 19.1. The number of amides is 2. The molecule has 0 aliphatic carbocycles. The smallest absolute Gasteiger partial charge is 0.251 e. The minimum absolute atomic E-state index is 0.0244. The van der Waals surface area contributed by atoms with Crippen molar-refractivity contribution in [3.8, 4) is 0 Å². The van der Waals surface area contributed by atoms with Gasteiger partial charge in [-0.25, -0.2) is 9.87 Å². The van der Waals surface area contributed by atoms with Crippen LogP contribution in [0.3, 0.4) is 0 Å². The maximum Gasteiger partial charge on any atom is 0.251 e. The number of hydroxylamine groups is 1. The molecule has 0 fully saturated rings. The molecule has 86 valence electrons. The Morgan fingerprint density at radius 2 is 1.88 bits per heavy atom. The maximum atomic E-state index is 12.5. The summed E-state index contributed by atoms with van der Waals surface area (Å²) < 4.78 is 12.5. The van der Waals surface area contributed by atoms with Gasteiger partial charge in [0.25, 0.3) is 5.91 Å². The van der Waals surface area contributed by atoms with Crippen LogP contribution in [0.25, 0.3) is 0 Å². The van der Waals surface area contributed by atoms with Crippen LogP contribution < -0.4 is 10.8 Å². The Kier molecular flexibility index (Phi) is 4.41. The molecule has 1 rings (SSSR count). The molecule has 5 nitrogen and oxygen atoms in total. The van der Waals surface area contributed by atoms with Gasteiger partial charge in [-0.2, -0.15) is 0 Å². The second-order valence-corrected chi connectivity index (χ2v) is 3.05. The van der Waals surface area contributed by atoms with Gasteiger partial charge in [0.05, 0.1) is 0 Å². The van der Waals surface area contributed by atoms with E-state index in [1.54, 1.807) is 0 Å². The van der Waals surface area contributed by atoms with E-state index in [1.165, 1.54) is 29.7 Å². The highest BCUT2D eigenvalue weighted by molar-refractivity contribution is 5.94. The van der Waals surface area contributed by atoms with E-state index in [1.807, 2.05) is 0 Å². The van der Waals surface area contributed by atoms with Gasteiger partial charge in [-0.3, -0.25) is 14.8 Å². The van der Waals surface area contributed by atoms with Crippen LogP contribution in [-0.4, -0.2) is 23.6 Å². The summed E-state index contributed by atoms with van der Waals surface area (Å²) in [5.74, 6) is -1.40. The van der Waals surface area contributed by atoms with E-state index in [0.717, 1.165) is 0 Å². The molecule has 0 heterocycles. The molecule has 1 aromatic rings. The van der Waals surface area contributed by atoms with Gasteiger partial charge < -0.3 is 5.32 Å². The van der Waals surface area contributed by atoms with Gasteiger partial charge in [-0.05, 0) is 24.3 Å². The molecule has 0 saturated carbocycles. The zero-order valence-corrected chi connectivity index (χ0v) is 8.37. The average molecular weight is 226 g/mol. The Bertz CT molecular complexity index is 378. The fraction of sp³-hybridized carbons (Fsp3) is 0.200. The van der Waals surface area contributed by atoms with E-state index < -0.39 is 17.6 Å². The molecule has 1 aromatic carbocycles. The minimum Gasteiger partial charge on any atom is -0.352 e. The van der Waals surface area contributed by atoms with Crippen LogP contribution in [0.1, 0.15) is 16.8 Å². The van der Waals surface area contributed by atoms with Gasteiger partial charge in [0.15, 0.2) is 0 Å². The molecule has 0 saturated heterocycles. The molecular formula is C10H11FN2O3. The predicted molar refractivity (Wildman–Crippen MR) is 53.3 cm³/mol. The van der Waals surface area contributed by atoms with Gasteiger partial charge in [-0.1, -0.05) is 0 Å². The molecule has 16 heavy (non-hydrogen) atoms. The molecule has 0 aromatic heterocycles. The summed E-state index contributed by atoms with van der Waals surface area (Å²) in [4.78, 5) is 22.0. The van der Waals surface area contributed by atoms with Crippen molar-refractivity contribution >= 4 is 11.8 Å². The van der Waals surface area contributed by atoms with Gasteiger partial charge in [0.1, 0.15) is 5.82 Å². The first-order valence-electron chi connectivity index (χ1n) is 4.60.